The molecule has 0 spiro atoms. The van der Waals surface area contributed by atoms with Crippen molar-refractivity contribution < 1.29 is 31.8 Å². The van der Waals surface area contributed by atoms with Gasteiger partial charge in [0, 0.05) is 24.1 Å². The minimum absolute atomic E-state index is 0.0129. The second-order valence-corrected chi connectivity index (χ2v) is 8.74. The van der Waals surface area contributed by atoms with Crippen LogP contribution in [0.1, 0.15) is 45.6 Å². The first-order chi connectivity index (χ1) is 16.0. The second kappa shape index (κ2) is 10.5. The molecule has 0 bridgehead atoms. The Hall–Kier alpha value is -3.00. The van der Waals surface area contributed by atoms with Crippen LogP contribution in [0.25, 0.3) is 22.1 Å². The summed E-state index contributed by atoms with van der Waals surface area (Å²) in [6.07, 6.45) is -1.45. The summed E-state index contributed by atoms with van der Waals surface area (Å²) in [6, 6.07) is 11.0. The molecule has 1 heterocycles. The average Bonchev–Trinajstić information content (AvgIpc) is 2.77. The molecule has 8 heteroatoms. The normalized spacial score (nSPS) is 12.2. The molecule has 0 amide bonds. The molecule has 2 aromatic carbocycles. The molecule has 0 saturated carbocycles. The molecule has 1 aromatic heterocycles. The van der Waals surface area contributed by atoms with E-state index >= 15 is 0 Å². The van der Waals surface area contributed by atoms with Gasteiger partial charge in [-0.3, -0.25) is 0 Å². The van der Waals surface area contributed by atoms with E-state index in [-0.39, 0.29) is 23.3 Å². The third-order valence-electron chi connectivity index (χ3n) is 5.48. The number of fused-ring (bicyclic) bond motifs is 1. The molecule has 0 fully saturated rings. The van der Waals surface area contributed by atoms with Gasteiger partial charge in [-0.05, 0) is 56.5 Å². The van der Waals surface area contributed by atoms with Gasteiger partial charge in [-0.1, -0.05) is 31.9 Å². The lowest BCUT2D eigenvalue weighted by Gasteiger charge is -2.22. The van der Waals surface area contributed by atoms with E-state index in [2.05, 4.69) is 11.7 Å². The van der Waals surface area contributed by atoms with Gasteiger partial charge in [-0.25, -0.2) is 4.79 Å². The van der Waals surface area contributed by atoms with E-state index in [0.29, 0.717) is 23.1 Å². The Balaban J connectivity index is 1.97. The zero-order valence-corrected chi connectivity index (χ0v) is 19.8. The summed E-state index contributed by atoms with van der Waals surface area (Å²) >= 11 is 0. The van der Waals surface area contributed by atoms with Crippen molar-refractivity contribution in [3.05, 3.63) is 58.4 Å². The Kier molecular flexibility index (Phi) is 7.92. The highest BCUT2D eigenvalue weighted by atomic mass is 19.4. The van der Waals surface area contributed by atoms with Crippen LogP contribution in [0.2, 0.25) is 0 Å². The molecule has 0 unspecified atom stereocenters. The van der Waals surface area contributed by atoms with Crippen LogP contribution in [0.3, 0.4) is 0 Å². The molecule has 0 atom stereocenters. The zero-order chi connectivity index (χ0) is 24.9. The van der Waals surface area contributed by atoms with Gasteiger partial charge in [0.25, 0.3) is 0 Å². The van der Waals surface area contributed by atoms with E-state index in [4.69, 9.17) is 13.9 Å². The summed E-state index contributed by atoms with van der Waals surface area (Å²) in [5.41, 5.74) is -0.293. The van der Waals surface area contributed by atoms with Gasteiger partial charge < -0.3 is 18.6 Å². The minimum atomic E-state index is -4.89. The molecule has 0 saturated heterocycles. The topological polar surface area (TPSA) is 57.9 Å². The molecule has 0 radical (unpaired) electrons. The van der Waals surface area contributed by atoms with Gasteiger partial charge in [-0.15, -0.1) is 13.2 Å². The summed E-state index contributed by atoms with van der Waals surface area (Å²) in [6.45, 7) is 6.07. The third-order valence-corrected chi connectivity index (χ3v) is 5.48. The lowest BCUT2D eigenvalue weighted by molar-refractivity contribution is -0.274. The van der Waals surface area contributed by atoms with Crippen LogP contribution in [0, 0.1) is 0 Å². The summed E-state index contributed by atoms with van der Waals surface area (Å²) < 4.78 is 60.1. The highest BCUT2D eigenvalue weighted by molar-refractivity contribution is 5.84. The lowest BCUT2D eigenvalue weighted by atomic mass is 10.00. The molecular formula is C26H29F3O5. The zero-order valence-electron chi connectivity index (χ0n) is 19.8. The highest BCUT2D eigenvalue weighted by Crippen LogP contribution is 2.35. The number of unbranched alkanes of at least 4 members (excludes halogenated alkanes) is 2. The van der Waals surface area contributed by atoms with Gasteiger partial charge >= 0.3 is 12.0 Å². The first kappa shape index (κ1) is 25.6. The predicted molar refractivity (Wildman–Crippen MR) is 124 cm³/mol. The number of hydrogen-bond donors (Lipinski definition) is 0. The highest BCUT2D eigenvalue weighted by Gasteiger charge is 2.33. The summed E-state index contributed by atoms with van der Waals surface area (Å²) in [5.74, 6) is 0.0564. The van der Waals surface area contributed by atoms with Crippen molar-refractivity contribution in [2.24, 2.45) is 0 Å². The number of benzene rings is 2. The van der Waals surface area contributed by atoms with Crippen LogP contribution in [-0.4, -0.2) is 25.7 Å². The lowest BCUT2D eigenvalue weighted by Crippen LogP contribution is -2.30. The van der Waals surface area contributed by atoms with Crippen molar-refractivity contribution in [2.45, 2.75) is 58.4 Å². The van der Waals surface area contributed by atoms with Gasteiger partial charge in [0.2, 0.25) is 0 Å². The Morgan fingerprint density at radius 2 is 1.74 bits per heavy atom. The van der Waals surface area contributed by atoms with E-state index in [1.807, 2.05) is 13.8 Å². The number of hydrogen-bond acceptors (Lipinski definition) is 5. The maximum atomic E-state index is 13.1. The van der Waals surface area contributed by atoms with E-state index in [9.17, 15) is 18.0 Å². The van der Waals surface area contributed by atoms with E-state index in [1.165, 1.54) is 18.2 Å². The number of aryl methyl sites for hydroxylation is 1. The van der Waals surface area contributed by atoms with Crippen LogP contribution in [0.4, 0.5) is 13.2 Å². The molecular weight excluding hydrogens is 449 g/mol. The monoisotopic (exact) mass is 478 g/mol. The standard InChI is InChI=1S/C26H29F3O5/c1-5-6-7-8-17-9-12-20(23(13-17)34-26(27,28)29)21-14-18-10-11-19(15-22(18)33-24(21)30)32-16-25(2,3)31-4/h9-15H,5-8,16H2,1-4H3. The van der Waals surface area contributed by atoms with Crippen molar-refractivity contribution in [1.82, 2.24) is 0 Å². The number of rotatable bonds is 10. The summed E-state index contributed by atoms with van der Waals surface area (Å²) in [5, 5.41) is 0.540. The third kappa shape index (κ3) is 6.76. The molecule has 0 N–H and O–H groups in total. The molecule has 0 aliphatic rings. The van der Waals surface area contributed by atoms with Gasteiger partial charge in [0.1, 0.15) is 23.7 Å². The maximum absolute atomic E-state index is 13.1. The van der Waals surface area contributed by atoms with Crippen molar-refractivity contribution in [1.29, 1.82) is 0 Å². The average molecular weight is 479 g/mol. The Bertz CT molecular complexity index is 1180. The first-order valence-corrected chi connectivity index (χ1v) is 11.2. The van der Waals surface area contributed by atoms with Crippen LogP contribution >= 0.6 is 0 Å². The molecule has 0 aliphatic carbocycles. The van der Waals surface area contributed by atoms with E-state index in [0.717, 1.165) is 19.3 Å². The Labute approximate surface area is 196 Å². The van der Waals surface area contributed by atoms with Gasteiger partial charge in [0.05, 0.1) is 11.2 Å². The van der Waals surface area contributed by atoms with Crippen molar-refractivity contribution in [2.75, 3.05) is 13.7 Å². The van der Waals surface area contributed by atoms with E-state index in [1.54, 1.807) is 31.4 Å². The first-order valence-electron chi connectivity index (χ1n) is 11.2. The molecule has 3 rings (SSSR count). The summed E-state index contributed by atoms with van der Waals surface area (Å²) in [7, 11) is 1.58. The molecule has 5 nitrogen and oxygen atoms in total. The molecule has 184 valence electrons. The minimum Gasteiger partial charge on any atom is -0.490 e. The largest absolute Gasteiger partial charge is 0.573 e. The summed E-state index contributed by atoms with van der Waals surface area (Å²) in [4.78, 5) is 12.8. The fourth-order valence-corrected chi connectivity index (χ4v) is 3.42. The quantitative estimate of drug-likeness (QED) is 0.234. The molecule has 34 heavy (non-hydrogen) atoms. The SMILES string of the molecule is CCCCCc1ccc(-c2cc3ccc(OCC(C)(C)OC)cc3oc2=O)c(OC(F)(F)F)c1. The van der Waals surface area contributed by atoms with Gasteiger partial charge in [0.15, 0.2) is 0 Å². The number of halogens is 3. The maximum Gasteiger partial charge on any atom is 0.573 e. The van der Waals surface area contributed by atoms with Crippen molar-refractivity contribution in [3.63, 3.8) is 0 Å². The predicted octanol–water partition coefficient (Wildman–Crippen LogP) is 6.90. The van der Waals surface area contributed by atoms with Gasteiger partial charge in [-0.2, -0.15) is 0 Å². The van der Waals surface area contributed by atoms with E-state index < -0.39 is 23.3 Å². The number of alkyl halides is 3. The van der Waals surface area contributed by atoms with Crippen LogP contribution in [-0.2, 0) is 11.2 Å². The van der Waals surface area contributed by atoms with Crippen molar-refractivity contribution in [3.8, 4) is 22.6 Å². The fourth-order valence-electron chi connectivity index (χ4n) is 3.42. The number of ether oxygens (including phenoxy) is 3. The molecule has 3 aromatic rings. The van der Waals surface area contributed by atoms with Crippen LogP contribution in [0.5, 0.6) is 11.5 Å². The Morgan fingerprint density at radius 1 is 0.971 bits per heavy atom. The van der Waals surface area contributed by atoms with Crippen molar-refractivity contribution >= 4 is 11.0 Å². The fraction of sp³-hybridized carbons (Fsp3) is 0.423. The second-order valence-electron chi connectivity index (χ2n) is 8.74. The Morgan fingerprint density at radius 3 is 2.41 bits per heavy atom. The molecule has 0 aliphatic heterocycles. The van der Waals surface area contributed by atoms with Crippen LogP contribution in [0.15, 0.2) is 51.7 Å². The van der Waals surface area contributed by atoms with Crippen LogP contribution < -0.4 is 15.1 Å². The smallest absolute Gasteiger partial charge is 0.490 e. The number of methoxy groups -OCH3 is 1.